The molecule has 0 N–H and O–H groups in total. The zero-order chi connectivity index (χ0) is 15.5. The van der Waals surface area contributed by atoms with Gasteiger partial charge in [0.1, 0.15) is 5.82 Å². The molecule has 0 saturated carbocycles. The van der Waals surface area contributed by atoms with Crippen molar-refractivity contribution in [2.75, 3.05) is 6.54 Å². The molecule has 0 amide bonds. The number of rotatable bonds is 5. The molecule has 3 nitrogen and oxygen atoms in total. The molecule has 1 aromatic rings. The highest BCUT2D eigenvalue weighted by Crippen LogP contribution is 2.30. The van der Waals surface area contributed by atoms with Gasteiger partial charge in [-0.2, -0.15) is 4.31 Å². The van der Waals surface area contributed by atoms with Crippen LogP contribution in [0.2, 0.25) is 0 Å². The number of halogens is 2. The summed E-state index contributed by atoms with van der Waals surface area (Å²) in [5, 5.41) is 0. The van der Waals surface area contributed by atoms with Crippen LogP contribution in [0.25, 0.3) is 0 Å². The van der Waals surface area contributed by atoms with Crippen LogP contribution in [-0.4, -0.2) is 25.3 Å². The molecule has 1 unspecified atom stereocenters. The molecule has 1 aromatic carbocycles. The first kappa shape index (κ1) is 16.7. The Labute approximate surface area is 131 Å². The van der Waals surface area contributed by atoms with Gasteiger partial charge in [0.25, 0.3) is 0 Å². The Bertz CT molecular complexity index is 589. The summed E-state index contributed by atoms with van der Waals surface area (Å²) in [5.74, 6) is -0.493. The number of hydrogen-bond donors (Lipinski definition) is 0. The van der Waals surface area contributed by atoms with E-state index < -0.39 is 15.8 Å². The topological polar surface area (TPSA) is 37.4 Å². The van der Waals surface area contributed by atoms with Crippen molar-refractivity contribution < 1.29 is 12.8 Å². The average Bonchev–Trinajstić information content (AvgIpc) is 2.48. The molecule has 6 heteroatoms. The molecule has 1 saturated heterocycles. The Kier molecular flexibility index (Phi) is 5.63. The summed E-state index contributed by atoms with van der Waals surface area (Å²) < 4.78 is 40.9. The van der Waals surface area contributed by atoms with Gasteiger partial charge in [0, 0.05) is 18.5 Å². The van der Waals surface area contributed by atoms with Gasteiger partial charge in [-0.15, -0.1) is 11.6 Å². The van der Waals surface area contributed by atoms with Crippen molar-refractivity contribution in [1.29, 1.82) is 0 Å². The second-order valence-electron chi connectivity index (χ2n) is 5.44. The Morgan fingerprint density at radius 2 is 2.14 bits per heavy atom. The normalized spacial score (nSPS) is 20.6. The van der Waals surface area contributed by atoms with Crippen molar-refractivity contribution in [2.45, 2.75) is 55.8 Å². The van der Waals surface area contributed by atoms with Gasteiger partial charge in [0.2, 0.25) is 10.0 Å². The third-order valence-electron chi connectivity index (χ3n) is 3.95. The quantitative estimate of drug-likeness (QED) is 0.766. The molecular weight excluding hydrogens is 313 g/mol. The van der Waals surface area contributed by atoms with Crippen LogP contribution in [0, 0.1) is 5.82 Å². The molecule has 1 atom stereocenters. The van der Waals surface area contributed by atoms with E-state index in [9.17, 15) is 12.8 Å². The number of alkyl halides is 1. The van der Waals surface area contributed by atoms with E-state index >= 15 is 0 Å². The zero-order valence-electron chi connectivity index (χ0n) is 12.2. The summed E-state index contributed by atoms with van der Waals surface area (Å²) in [7, 11) is -3.69. The van der Waals surface area contributed by atoms with E-state index in [1.54, 1.807) is 4.31 Å². The van der Waals surface area contributed by atoms with Gasteiger partial charge in [0.15, 0.2) is 0 Å². The van der Waals surface area contributed by atoms with E-state index in [0.717, 1.165) is 38.2 Å². The van der Waals surface area contributed by atoms with Crippen molar-refractivity contribution >= 4 is 21.6 Å². The minimum Gasteiger partial charge on any atom is -0.207 e. The largest absolute Gasteiger partial charge is 0.243 e. The molecule has 0 spiro atoms. The summed E-state index contributed by atoms with van der Waals surface area (Å²) in [6, 6.07) is 3.80. The second kappa shape index (κ2) is 7.07. The molecule has 1 aliphatic heterocycles. The summed E-state index contributed by atoms with van der Waals surface area (Å²) in [4.78, 5) is 0.0144. The first-order valence-corrected chi connectivity index (χ1v) is 9.34. The maximum Gasteiger partial charge on any atom is 0.243 e. The van der Waals surface area contributed by atoms with Gasteiger partial charge >= 0.3 is 0 Å². The maximum atomic E-state index is 13.5. The molecule has 118 valence electrons. The maximum absolute atomic E-state index is 13.5. The van der Waals surface area contributed by atoms with E-state index in [0.29, 0.717) is 12.1 Å². The van der Waals surface area contributed by atoms with E-state index in [4.69, 9.17) is 11.6 Å². The van der Waals surface area contributed by atoms with E-state index in [1.807, 2.05) is 6.92 Å². The number of benzene rings is 1. The standard InChI is InChI=1S/C15H21ClFNO2S/c1-2-5-14-6-3-4-9-18(14)21(19,20)15-10-13(17)8-7-12(15)11-16/h7-8,10,14H,2-6,9,11H2,1H3. The summed E-state index contributed by atoms with van der Waals surface area (Å²) >= 11 is 5.82. The Hall–Kier alpha value is -0.650. The first-order chi connectivity index (χ1) is 10.0. The Balaban J connectivity index is 2.42. The van der Waals surface area contributed by atoms with Gasteiger partial charge in [-0.3, -0.25) is 0 Å². The van der Waals surface area contributed by atoms with Crippen LogP contribution in [0.1, 0.15) is 44.6 Å². The molecule has 1 aliphatic rings. The van der Waals surface area contributed by atoms with Gasteiger partial charge in [0.05, 0.1) is 4.90 Å². The third-order valence-corrected chi connectivity index (χ3v) is 6.28. The Morgan fingerprint density at radius 1 is 1.38 bits per heavy atom. The SMILES string of the molecule is CCCC1CCCCN1S(=O)(=O)c1cc(F)ccc1CCl. The smallest absolute Gasteiger partial charge is 0.207 e. The fraction of sp³-hybridized carbons (Fsp3) is 0.600. The summed E-state index contributed by atoms with van der Waals surface area (Å²) in [6.07, 6.45) is 4.54. The molecule has 0 aliphatic carbocycles. The average molecular weight is 334 g/mol. The lowest BCUT2D eigenvalue weighted by Gasteiger charge is -2.35. The third kappa shape index (κ3) is 3.58. The van der Waals surface area contributed by atoms with Crippen molar-refractivity contribution in [2.24, 2.45) is 0 Å². The van der Waals surface area contributed by atoms with Crippen LogP contribution in [0.3, 0.4) is 0 Å². The summed E-state index contributed by atoms with van der Waals surface area (Å²) in [6.45, 7) is 2.55. The predicted molar refractivity (Wildman–Crippen MR) is 82.4 cm³/mol. The van der Waals surface area contributed by atoms with E-state index in [-0.39, 0.29) is 16.8 Å². The number of hydrogen-bond acceptors (Lipinski definition) is 2. The van der Waals surface area contributed by atoms with Crippen LogP contribution in [0.15, 0.2) is 23.1 Å². The molecular formula is C15H21ClFNO2S. The molecule has 1 heterocycles. The molecule has 21 heavy (non-hydrogen) atoms. The molecule has 0 radical (unpaired) electrons. The van der Waals surface area contributed by atoms with Crippen molar-refractivity contribution in [3.8, 4) is 0 Å². The minimum atomic E-state index is -3.69. The molecule has 1 fully saturated rings. The highest BCUT2D eigenvalue weighted by molar-refractivity contribution is 7.89. The van der Waals surface area contributed by atoms with E-state index in [2.05, 4.69) is 0 Å². The van der Waals surface area contributed by atoms with Crippen LogP contribution in [0.4, 0.5) is 4.39 Å². The lowest BCUT2D eigenvalue weighted by atomic mass is 10.0. The second-order valence-corrected chi connectivity index (χ2v) is 7.57. The Morgan fingerprint density at radius 3 is 2.81 bits per heavy atom. The van der Waals surface area contributed by atoms with Gasteiger partial charge in [-0.25, -0.2) is 12.8 Å². The highest BCUT2D eigenvalue weighted by Gasteiger charge is 2.34. The monoisotopic (exact) mass is 333 g/mol. The number of sulfonamides is 1. The fourth-order valence-electron chi connectivity index (χ4n) is 2.92. The van der Waals surface area contributed by atoms with Gasteiger partial charge < -0.3 is 0 Å². The van der Waals surface area contributed by atoms with Crippen LogP contribution in [0.5, 0.6) is 0 Å². The predicted octanol–water partition coefficient (Wildman–Crippen LogP) is 3.91. The van der Waals surface area contributed by atoms with Crippen molar-refractivity contribution in [1.82, 2.24) is 4.31 Å². The summed E-state index contributed by atoms with van der Waals surface area (Å²) in [5.41, 5.74) is 0.457. The number of nitrogens with zero attached hydrogens (tertiary/aromatic N) is 1. The molecule has 0 bridgehead atoms. The van der Waals surface area contributed by atoms with Gasteiger partial charge in [-0.05, 0) is 37.0 Å². The van der Waals surface area contributed by atoms with Crippen LogP contribution in [-0.2, 0) is 15.9 Å². The van der Waals surface area contributed by atoms with Crippen LogP contribution >= 0.6 is 11.6 Å². The lowest BCUT2D eigenvalue weighted by Crippen LogP contribution is -2.43. The number of piperidine rings is 1. The fourth-order valence-corrected chi connectivity index (χ4v) is 5.19. The van der Waals surface area contributed by atoms with Crippen molar-refractivity contribution in [3.05, 3.63) is 29.6 Å². The van der Waals surface area contributed by atoms with E-state index in [1.165, 1.54) is 12.1 Å². The highest BCUT2D eigenvalue weighted by atomic mass is 35.5. The zero-order valence-corrected chi connectivity index (χ0v) is 13.8. The molecule has 2 rings (SSSR count). The first-order valence-electron chi connectivity index (χ1n) is 7.37. The van der Waals surface area contributed by atoms with Gasteiger partial charge in [-0.1, -0.05) is 25.8 Å². The molecule has 0 aromatic heterocycles. The lowest BCUT2D eigenvalue weighted by molar-refractivity contribution is 0.239. The minimum absolute atomic E-state index is 0.0141. The van der Waals surface area contributed by atoms with Crippen LogP contribution < -0.4 is 0 Å². The van der Waals surface area contributed by atoms with Crippen molar-refractivity contribution in [3.63, 3.8) is 0 Å².